The van der Waals surface area contributed by atoms with E-state index in [1.165, 1.54) is 4.90 Å². The summed E-state index contributed by atoms with van der Waals surface area (Å²) in [7, 11) is 0. The molecule has 0 fully saturated rings. The molecule has 0 aliphatic rings. The molecular formula is C14H16N4S. The number of aromatic nitrogens is 2. The van der Waals surface area contributed by atoms with E-state index in [9.17, 15) is 0 Å². The van der Waals surface area contributed by atoms with Crippen LogP contribution < -0.4 is 5.43 Å². The normalized spacial score (nSPS) is 10.9. The molecule has 0 spiro atoms. The Balaban J connectivity index is 2.02. The molecule has 0 radical (unpaired) electrons. The molecule has 0 amide bonds. The van der Waals surface area contributed by atoms with Gasteiger partial charge in [-0.1, -0.05) is 12.1 Å². The third kappa shape index (κ3) is 4.06. The van der Waals surface area contributed by atoms with Crippen LogP contribution in [0, 0.1) is 13.8 Å². The lowest BCUT2D eigenvalue weighted by atomic mass is 10.2. The van der Waals surface area contributed by atoms with Gasteiger partial charge in [0, 0.05) is 16.3 Å². The molecule has 0 saturated heterocycles. The van der Waals surface area contributed by atoms with Crippen molar-refractivity contribution in [3.05, 3.63) is 47.3 Å². The topological polar surface area (TPSA) is 50.2 Å². The summed E-state index contributed by atoms with van der Waals surface area (Å²) < 4.78 is 0. The lowest BCUT2D eigenvalue weighted by molar-refractivity contribution is 1.04. The second-order valence-corrected chi connectivity index (χ2v) is 5.00. The Morgan fingerprint density at radius 1 is 1.11 bits per heavy atom. The molecule has 0 atom stereocenters. The fourth-order valence-electron chi connectivity index (χ4n) is 1.63. The van der Waals surface area contributed by atoms with Crippen LogP contribution in [-0.2, 0) is 0 Å². The first-order chi connectivity index (χ1) is 9.17. The van der Waals surface area contributed by atoms with Crippen LogP contribution in [0.3, 0.4) is 0 Å². The van der Waals surface area contributed by atoms with Gasteiger partial charge in [-0.05, 0) is 43.9 Å². The molecular weight excluding hydrogens is 256 g/mol. The minimum absolute atomic E-state index is 0.523. The number of hydrogen-bond donors (Lipinski definition) is 1. The average molecular weight is 272 g/mol. The molecule has 1 heterocycles. The van der Waals surface area contributed by atoms with Crippen molar-refractivity contribution in [2.75, 3.05) is 11.7 Å². The van der Waals surface area contributed by atoms with Gasteiger partial charge < -0.3 is 0 Å². The van der Waals surface area contributed by atoms with Crippen LogP contribution in [0.15, 0.2) is 40.3 Å². The highest BCUT2D eigenvalue weighted by molar-refractivity contribution is 7.98. The van der Waals surface area contributed by atoms with Crippen LogP contribution in [0.4, 0.5) is 5.95 Å². The van der Waals surface area contributed by atoms with Crippen molar-refractivity contribution in [3.63, 3.8) is 0 Å². The number of benzene rings is 1. The largest absolute Gasteiger partial charge is 0.245 e. The lowest BCUT2D eigenvalue weighted by Gasteiger charge is -2.01. The van der Waals surface area contributed by atoms with Gasteiger partial charge >= 0.3 is 0 Å². The lowest BCUT2D eigenvalue weighted by Crippen LogP contribution is -1.99. The Morgan fingerprint density at radius 3 is 2.32 bits per heavy atom. The highest BCUT2D eigenvalue weighted by Crippen LogP contribution is 2.14. The standard InChI is InChI=1S/C14H16N4S/c1-10-8-11(2)17-14(16-10)18-15-9-12-4-6-13(19-3)7-5-12/h4-9H,1-3H3,(H,16,17,18)/b15-9+. The van der Waals surface area contributed by atoms with Crippen molar-refractivity contribution in [1.82, 2.24) is 9.97 Å². The van der Waals surface area contributed by atoms with Gasteiger partial charge in [-0.3, -0.25) is 0 Å². The summed E-state index contributed by atoms with van der Waals surface area (Å²) in [6, 6.07) is 10.1. The molecule has 0 saturated carbocycles. The first kappa shape index (κ1) is 13.5. The number of thioether (sulfide) groups is 1. The van der Waals surface area contributed by atoms with Crippen LogP contribution in [0.5, 0.6) is 0 Å². The molecule has 1 N–H and O–H groups in total. The smallest absolute Gasteiger partial charge is 0.243 e. The zero-order valence-electron chi connectivity index (χ0n) is 11.2. The van der Waals surface area contributed by atoms with Crippen molar-refractivity contribution in [3.8, 4) is 0 Å². The second-order valence-electron chi connectivity index (χ2n) is 4.12. The minimum atomic E-state index is 0.523. The maximum atomic E-state index is 4.25. The predicted molar refractivity (Wildman–Crippen MR) is 80.9 cm³/mol. The van der Waals surface area contributed by atoms with Crippen LogP contribution in [-0.4, -0.2) is 22.4 Å². The van der Waals surface area contributed by atoms with E-state index in [2.05, 4.69) is 38.9 Å². The molecule has 1 aromatic heterocycles. The van der Waals surface area contributed by atoms with Crippen molar-refractivity contribution in [1.29, 1.82) is 0 Å². The van der Waals surface area contributed by atoms with Gasteiger partial charge in [-0.2, -0.15) is 5.10 Å². The highest BCUT2D eigenvalue weighted by Gasteiger charge is 1.96. The predicted octanol–water partition coefficient (Wildman–Crippen LogP) is 3.26. The molecule has 0 unspecified atom stereocenters. The fraction of sp³-hybridized carbons (Fsp3) is 0.214. The number of hydrazone groups is 1. The minimum Gasteiger partial charge on any atom is -0.245 e. The number of nitrogens with one attached hydrogen (secondary N) is 1. The SMILES string of the molecule is CSc1ccc(/C=N/Nc2nc(C)cc(C)n2)cc1. The quantitative estimate of drug-likeness (QED) is 0.527. The maximum Gasteiger partial charge on any atom is 0.243 e. The van der Waals surface area contributed by atoms with E-state index in [0.29, 0.717) is 5.95 Å². The van der Waals surface area contributed by atoms with Crippen LogP contribution in [0.2, 0.25) is 0 Å². The average Bonchev–Trinajstić information content (AvgIpc) is 2.38. The van der Waals surface area contributed by atoms with E-state index in [4.69, 9.17) is 0 Å². The molecule has 2 aromatic rings. The van der Waals surface area contributed by atoms with Gasteiger partial charge in [-0.25, -0.2) is 15.4 Å². The summed E-state index contributed by atoms with van der Waals surface area (Å²) in [5.41, 5.74) is 5.73. The van der Waals surface area contributed by atoms with Gasteiger partial charge in [0.25, 0.3) is 0 Å². The highest BCUT2D eigenvalue weighted by atomic mass is 32.2. The van der Waals surface area contributed by atoms with Crippen molar-refractivity contribution in [2.24, 2.45) is 5.10 Å². The number of aryl methyl sites for hydroxylation is 2. The van der Waals surface area contributed by atoms with Crippen LogP contribution in [0.1, 0.15) is 17.0 Å². The zero-order valence-corrected chi connectivity index (χ0v) is 12.0. The zero-order chi connectivity index (χ0) is 13.7. The van der Waals surface area contributed by atoms with E-state index in [1.807, 2.05) is 32.0 Å². The van der Waals surface area contributed by atoms with Gasteiger partial charge in [0.2, 0.25) is 5.95 Å². The van der Waals surface area contributed by atoms with Crippen LogP contribution >= 0.6 is 11.8 Å². The van der Waals surface area contributed by atoms with E-state index in [-0.39, 0.29) is 0 Å². The number of rotatable bonds is 4. The van der Waals surface area contributed by atoms with Crippen molar-refractivity contribution in [2.45, 2.75) is 18.7 Å². The molecule has 0 aliphatic carbocycles. The van der Waals surface area contributed by atoms with E-state index < -0.39 is 0 Å². The molecule has 98 valence electrons. The summed E-state index contributed by atoms with van der Waals surface area (Å²) in [6.07, 6.45) is 3.81. The molecule has 2 rings (SSSR count). The Labute approximate surface area is 117 Å². The summed E-state index contributed by atoms with van der Waals surface area (Å²) >= 11 is 1.72. The first-order valence-electron chi connectivity index (χ1n) is 5.93. The molecule has 0 aliphatic heterocycles. The summed E-state index contributed by atoms with van der Waals surface area (Å²) in [5, 5.41) is 4.14. The van der Waals surface area contributed by atoms with Gasteiger partial charge in [0.1, 0.15) is 0 Å². The van der Waals surface area contributed by atoms with Crippen LogP contribution in [0.25, 0.3) is 0 Å². The third-order valence-electron chi connectivity index (χ3n) is 2.48. The number of hydrogen-bond acceptors (Lipinski definition) is 5. The molecule has 5 heteroatoms. The molecule has 1 aromatic carbocycles. The first-order valence-corrected chi connectivity index (χ1v) is 7.15. The monoisotopic (exact) mass is 272 g/mol. The van der Waals surface area contributed by atoms with Crippen molar-refractivity contribution < 1.29 is 0 Å². The van der Waals surface area contributed by atoms with E-state index in [1.54, 1.807) is 18.0 Å². The van der Waals surface area contributed by atoms with E-state index in [0.717, 1.165) is 17.0 Å². The summed E-state index contributed by atoms with van der Waals surface area (Å²) in [4.78, 5) is 9.75. The van der Waals surface area contributed by atoms with E-state index >= 15 is 0 Å². The Morgan fingerprint density at radius 2 is 1.74 bits per heavy atom. The Bertz CT molecular complexity index is 558. The number of anilines is 1. The molecule has 19 heavy (non-hydrogen) atoms. The van der Waals surface area contributed by atoms with Gasteiger partial charge in [-0.15, -0.1) is 11.8 Å². The third-order valence-corrected chi connectivity index (χ3v) is 3.22. The van der Waals surface area contributed by atoms with Gasteiger partial charge in [0.15, 0.2) is 0 Å². The van der Waals surface area contributed by atoms with Crippen molar-refractivity contribution >= 4 is 23.9 Å². The molecule has 4 nitrogen and oxygen atoms in total. The second kappa shape index (κ2) is 6.33. The summed E-state index contributed by atoms with van der Waals surface area (Å²) in [5.74, 6) is 0.523. The summed E-state index contributed by atoms with van der Waals surface area (Å²) in [6.45, 7) is 3.87. The van der Waals surface area contributed by atoms with Gasteiger partial charge in [0.05, 0.1) is 6.21 Å². The maximum absolute atomic E-state index is 4.25. The number of nitrogens with zero attached hydrogens (tertiary/aromatic N) is 3. The fourth-order valence-corrected chi connectivity index (χ4v) is 2.04. The Kier molecular flexibility index (Phi) is 4.52. The Hall–Kier alpha value is -1.88. The molecule has 0 bridgehead atoms.